The fraction of sp³-hybridized carbons (Fsp3) is 0.500. The normalized spacial score (nSPS) is 15.7. The number of nitrogens with one attached hydrogen (secondary N) is 1. The molecule has 0 aromatic heterocycles. The second-order valence-electron chi connectivity index (χ2n) is 5.13. The smallest absolute Gasteiger partial charge is 0.255 e. The first kappa shape index (κ1) is 12.7. The molecule has 0 radical (unpaired) electrons. The van der Waals surface area contributed by atoms with E-state index in [9.17, 15) is 4.79 Å². The first-order valence-corrected chi connectivity index (χ1v) is 6.45. The van der Waals surface area contributed by atoms with E-state index in [0.29, 0.717) is 17.3 Å². The van der Waals surface area contributed by atoms with E-state index in [0.717, 1.165) is 5.69 Å². The molecule has 0 bridgehead atoms. The van der Waals surface area contributed by atoms with Gasteiger partial charge in [0, 0.05) is 31.5 Å². The van der Waals surface area contributed by atoms with Crippen molar-refractivity contribution in [2.75, 3.05) is 25.1 Å². The van der Waals surface area contributed by atoms with Gasteiger partial charge in [0.15, 0.2) is 0 Å². The summed E-state index contributed by atoms with van der Waals surface area (Å²) in [4.78, 5) is 13.7. The Morgan fingerprint density at radius 3 is 2.61 bits per heavy atom. The molecule has 4 heteroatoms. The van der Waals surface area contributed by atoms with Gasteiger partial charge in [-0.05, 0) is 31.0 Å². The minimum atomic E-state index is 0.00972. The molecule has 0 heterocycles. The molecule has 1 aromatic rings. The van der Waals surface area contributed by atoms with Crippen LogP contribution in [0.5, 0.6) is 0 Å². The third-order valence-electron chi connectivity index (χ3n) is 3.40. The summed E-state index contributed by atoms with van der Waals surface area (Å²) in [6.07, 6.45) is 4.86. The number of nitrogens with two attached hydrogens (primary N) is 1. The van der Waals surface area contributed by atoms with Crippen LogP contribution in [-0.4, -0.2) is 30.9 Å². The Bertz CT molecular complexity index is 437. The van der Waals surface area contributed by atoms with E-state index in [1.807, 2.05) is 6.07 Å². The van der Waals surface area contributed by atoms with Crippen molar-refractivity contribution in [1.82, 2.24) is 4.90 Å². The number of hydrogen-bond acceptors (Lipinski definition) is 3. The van der Waals surface area contributed by atoms with Gasteiger partial charge in [-0.2, -0.15) is 0 Å². The molecule has 0 saturated heterocycles. The Kier molecular flexibility index (Phi) is 3.75. The zero-order valence-electron chi connectivity index (χ0n) is 11.1. The molecule has 0 unspecified atom stereocenters. The topological polar surface area (TPSA) is 58.4 Å². The van der Waals surface area contributed by atoms with Gasteiger partial charge in [0.2, 0.25) is 0 Å². The van der Waals surface area contributed by atoms with E-state index >= 15 is 0 Å². The molecule has 1 aromatic carbocycles. The summed E-state index contributed by atoms with van der Waals surface area (Å²) >= 11 is 0. The molecule has 1 amide bonds. The predicted molar refractivity (Wildman–Crippen MR) is 74.8 cm³/mol. The number of carbonyl (C=O) groups excluding carboxylic acids is 1. The Labute approximate surface area is 108 Å². The summed E-state index contributed by atoms with van der Waals surface area (Å²) in [7, 11) is 3.52. The lowest BCUT2D eigenvalue weighted by Crippen LogP contribution is -2.24. The first-order chi connectivity index (χ1) is 8.58. The molecule has 1 aliphatic rings. The van der Waals surface area contributed by atoms with Crippen LogP contribution < -0.4 is 11.1 Å². The fourth-order valence-electron chi connectivity index (χ4n) is 2.40. The van der Waals surface area contributed by atoms with Gasteiger partial charge in [0.25, 0.3) is 5.91 Å². The highest BCUT2D eigenvalue weighted by Crippen LogP contribution is 2.26. The van der Waals surface area contributed by atoms with Gasteiger partial charge >= 0.3 is 0 Å². The monoisotopic (exact) mass is 247 g/mol. The Morgan fingerprint density at radius 1 is 1.33 bits per heavy atom. The highest BCUT2D eigenvalue weighted by Gasteiger charge is 2.19. The zero-order valence-corrected chi connectivity index (χ0v) is 11.1. The predicted octanol–water partition coefficient (Wildman–Crippen LogP) is 2.33. The minimum absolute atomic E-state index is 0.00972. The molecule has 1 saturated carbocycles. The number of hydrogen-bond donors (Lipinski definition) is 2. The van der Waals surface area contributed by atoms with Crippen molar-refractivity contribution in [2.24, 2.45) is 0 Å². The van der Waals surface area contributed by atoms with Gasteiger partial charge in [-0.3, -0.25) is 4.79 Å². The van der Waals surface area contributed by atoms with E-state index in [-0.39, 0.29) is 5.91 Å². The van der Waals surface area contributed by atoms with Gasteiger partial charge in [-0.15, -0.1) is 0 Å². The number of benzene rings is 1. The molecular weight excluding hydrogens is 226 g/mol. The molecule has 1 aliphatic carbocycles. The summed E-state index contributed by atoms with van der Waals surface area (Å²) in [6, 6.07) is 5.90. The first-order valence-electron chi connectivity index (χ1n) is 6.45. The lowest BCUT2D eigenvalue weighted by Gasteiger charge is -2.19. The maximum Gasteiger partial charge on any atom is 0.255 e. The van der Waals surface area contributed by atoms with E-state index in [4.69, 9.17) is 5.73 Å². The van der Waals surface area contributed by atoms with E-state index in [1.165, 1.54) is 25.7 Å². The highest BCUT2D eigenvalue weighted by atomic mass is 16.2. The minimum Gasteiger partial charge on any atom is -0.399 e. The lowest BCUT2D eigenvalue weighted by atomic mass is 10.1. The third kappa shape index (κ3) is 2.75. The van der Waals surface area contributed by atoms with Gasteiger partial charge in [0.1, 0.15) is 0 Å². The van der Waals surface area contributed by atoms with E-state index in [1.54, 1.807) is 31.1 Å². The van der Waals surface area contributed by atoms with Crippen LogP contribution in [-0.2, 0) is 0 Å². The van der Waals surface area contributed by atoms with Crippen LogP contribution in [0.1, 0.15) is 36.0 Å². The van der Waals surface area contributed by atoms with Crippen molar-refractivity contribution in [3.8, 4) is 0 Å². The van der Waals surface area contributed by atoms with Crippen LogP contribution in [0.2, 0.25) is 0 Å². The Balaban J connectivity index is 2.25. The molecule has 1 fully saturated rings. The number of amides is 1. The summed E-state index contributed by atoms with van der Waals surface area (Å²) in [5, 5.41) is 3.46. The summed E-state index contributed by atoms with van der Waals surface area (Å²) in [5.74, 6) is 0.00972. The average Bonchev–Trinajstić information content (AvgIpc) is 2.81. The van der Waals surface area contributed by atoms with Crippen LogP contribution in [0.25, 0.3) is 0 Å². The number of rotatable bonds is 3. The zero-order chi connectivity index (χ0) is 13.1. The molecule has 18 heavy (non-hydrogen) atoms. The standard InChI is InChI=1S/C14H21N3O/c1-17(2)14(18)12-8-7-10(15)9-13(12)16-11-5-3-4-6-11/h7-9,11,16H,3-6,15H2,1-2H3. The van der Waals surface area contributed by atoms with Gasteiger partial charge in [-0.1, -0.05) is 12.8 Å². The number of carbonyl (C=O) groups is 1. The maximum atomic E-state index is 12.1. The van der Waals surface area contributed by atoms with Crippen molar-refractivity contribution < 1.29 is 4.79 Å². The van der Waals surface area contributed by atoms with E-state index < -0.39 is 0 Å². The van der Waals surface area contributed by atoms with Crippen molar-refractivity contribution in [1.29, 1.82) is 0 Å². The average molecular weight is 247 g/mol. The van der Waals surface area contributed by atoms with Gasteiger partial charge < -0.3 is 16.0 Å². The summed E-state index contributed by atoms with van der Waals surface area (Å²) in [6.45, 7) is 0. The number of nitrogens with zero attached hydrogens (tertiary/aromatic N) is 1. The molecule has 0 atom stereocenters. The number of anilines is 2. The largest absolute Gasteiger partial charge is 0.399 e. The van der Waals surface area contributed by atoms with Crippen molar-refractivity contribution in [2.45, 2.75) is 31.7 Å². The maximum absolute atomic E-state index is 12.1. The molecule has 2 rings (SSSR count). The quantitative estimate of drug-likeness (QED) is 0.806. The Morgan fingerprint density at radius 2 is 2.00 bits per heavy atom. The van der Waals surface area contributed by atoms with Crippen molar-refractivity contribution in [3.63, 3.8) is 0 Å². The molecule has 4 nitrogen and oxygen atoms in total. The molecular formula is C14H21N3O. The van der Waals surface area contributed by atoms with Crippen molar-refractivity contribution in [3.05, 3.63) is 23.8 Å². The van der Waals surface area contributed by atoms with Gasteiger partial charge in [-0.25, -0.2) is 0 Å². The Hall–Kier alpha value is -1.71. The molecule has 3 N–H and O–H groups in total. The van der Waals surface area contributed by atoms with Gasteiger partial charge in [0.05, 0.1) is 5.56 Å². The fourth-order valence-corrected chi connectivity index (χ4v) is 2.40. The van der Waals surface area contributed by atoms with Crippen LogP contribution in [0.15, 0.2) is 18.2 Å². The molecule has 0 spiro atoms. The van der Waals surface area contributed by atoms with Crippen molar-refractivity contribution >= 4 is 17.3 Å². The van der Waals surface area contributed by atoms with Crippen LogP contribution in [0.4, 0.5) is 11.4 Å². The van der Waals surface area contributed by atoms with E-state index in [2.05, 4.69) is 5.32 Å². The highest BCUT2D eigenvalue weighted by molar-refractivity contribution is 6.00. The number of nitrogen functional groups attached to an aromatic ring is 1. The lowest BCUT2D eigenvalue weighted by molar-refractivity contribution is 0.0828. The third-order valence-corrected chi connectivity index (χ3v) is 3.40. The SMILES string of the molecule is CN(C)C(=O)c1ccc(N)cc1NC1CCCC1. The second-order valence-corrected chi connectivity index (χ2v) is 5.13. The van der Waals surface area contributed by atoms with Crippen LogP contribution in [0.3, 0.4) is 0 Å². The molecule has 98 valence electrons. The van der Waals surface area contributed by atoms with Crippen LogP contribution in [0, 0.1) is 0 Å². The summed E-state index contributed by atoms with van der Waals surface area (Å²) in [5.41, 5.74) is 8.06. The second kappa shape index (κ2) is 5.29. The summed E-state index contributed by atoms with van der Waals surface area (Å²) < 4.78 is 0. The van der Waals surface area contributed by atoms with Crippen LogP contribution >= 0.6 is 0 Å². The molecule has 0 aliphatic heterocycles.